The number of hydrogen-bond donors (Lipinski definition) is 0. The zero-order valence-electron chi connectivity index (χ0n) is 5.82. The molecule has 0 N–H and O–H groups in total. The van der Waals surface area contributed by atoms with E-state index in [-0.39, 0.29) is 0 Å². The molecular formula is C7H16Pb. The number of rotatable bonds is 5. The van der Waals surface area contributed by atoms with Crippen molar-refractivity contribution in [3.05, 3.63) is 0 Å². The van der Waals surface area contributed by atoms with Gasteiger partial charge < -0.3 is 0 Å². The second-order valence-corrected chi connectivity index (χ2v) is 4.45. The maximum absolute atomic E-state index is 2.27. The molecule has 8 heavy (non-hydrogen) atoms. The Bertz CT molecular complexity index is 29.4. The molecule has 0 aromatic carbocycles. The van der Waals surface area contributed by atoms with E-state index in [1.54, 1.807) is 0 Å². The van der Waals surface area contributed by atoms with Crippen molar-refractivity contribution in [1.29, 1.82) is 0 Å². The van der Waals surface area contributed by atoms with Crippen molar-refractivity contribution in [3.8, 4) is 0 Å². The van der Waals surface area contributed by atoms with Crippen molar-refractivity contribution in [2.45, 2.75) is 43.0 Å². The zero-order valence-corrected chi connectivity index (χ0v) is 10.3. The standard InChI is InChI=1S/C7H15.Pb.H/c1-3-5-7-6-4-2;;/h1,3-7H2,2H3;;. The van der Waals surface area contributed by atoms with Crippen molar-refractivity contribution in [1.82, 2.24) is 0 Å². The fourth-order valence-corrected chi connectivity index (χ4v) is 1.87. The van der Waals surface area contributed by atoms with Crippen LogP contribution in [0.1, 0.15) is 39.0 Å². The Kier molecular flexibility index (Phi) is 8.84. The summed E-state index contributed by atoms with van der Waals surface area (Å²) >= 11 is 1.24. The van der Waals surface area contributed by atoms with Crippen LogP contribution in [0.5, 0.6) is 0 Å². The first-order valence-electron chi connectivity index (χ1n) is 3.62. The topological polar surface area (TPSA) is 0 Å². The molecule has 0 saturated carbocycles. The van der Waals surface area contributed by atoms with E-state index in [0.29, 0.717) is 0 Å². The van der Waals surface area contributed by atoms with E-state index in [2.05, 4.69) is 6.92 Å². The Morgan fingerprint density at radius 1 is 1.00 bits per heavy atom. The molecule has 0 aliphatic heterocycles. The SMILES string of the molecule is CCCCCC[CH2][PbH]. The summed E-state index contributed by atoms with van der Waals surface area (Å²) in [5.74, 6) is 0. The van der Waals surface area contributed by atoms with Gasteiger partial charge in [-0.25, -0.2) is 0 Å². The Hall–Kier alpha value is 0.922. The second-order valence-electron chi connectivity index (χ2n) is 2.20. The van der Waals surface area contributed by atoms with Crippen LogP contribution >= 0.6 is 0 Å². The molecule has 0 rings (SSSR count). The van der Waals surface area contributed by atoms with Gasteiger partial charge in [0.15, 0.2) is 0 Å². The van der Waals surface area contributed by atoms with E-state index in [4.69, 9.17) is 0 Å². The summed E-state index contributed by atoms with van der Waals surface area (Å²) in [6.07, 6.45) is 7.30. The summed E-state index contributed by atoms with van der Waals surface area (Å²) in [5, 5.41) is 0. The third-order valence-electron chi connectivity index (χ3n) is 1.31. The molecule has 0 amide bonds. The van der Waals surface area contributed by atoms with Gasteiger partial charge in [-0.05, 0) is 0 Å². The van der Waals surface area contributed by atoms with Crippen molar-refractivity contribution in [2.24, 2.45) is 0 Å². The second kappa shape index (κ2) is 7.92. The van der Waals surface area contributed by atoms with E-state index in [1.165, 1.54) is 61.9 Å². The van der Waals surface area contributed by atoms with Gasteiger partial charge in [-0.1, -0.05) is 0 Å². The average molecular weight is 307 g/mol. The summed E-state index contributed by atoms with van der Waals surface area (Å²) in [6.45, 7) is 2.27. The molecule has 0 atom stereocenters. The van der Waals surface area contributed by atoms with E-state index in [9.17, 15) is 0 Å². The monoisotopic (exact) mass is 308 g/mol. The molecule has 0 bridgehead atoms. The van der Waals surface area contributed by atoms with Crippen LogP contribution in [-0.2, 0) is 0 Å². The van der Waals surface area contributed by atoms with Crippen LogP contribution in [0.15, 0.2) is 0 Å². The maximum atomic E-state index is 2.27. The Morgan fingerprint density at radius 2 is 1.62 bits per heavy atom. The molecule has 0 nitrogen and oxygen atoms in total. The molecule has 1 heteroatoms. The first-order chi connectivity index (χ1) is 3.91. The fraction of sp³-hybridized carbons (Fsp3) is 1.00. The van der Waals surface area contributed by atoms with E-state index in [1.807, 2.05) is 0 Å². The molecule has 0 saturated heterocycles. The van der Waals surface area contributed by atoms with Crippen LogP contribution < -0.4 is 0 Å². The molecular weight excluding hydrogens is 291 g/mol. The van der Waals surface area contributed by atoms with Gasteiger partial charge in [0.25, 0.3) is 0 Å². The average Bonchev–Trinajstić information content (AvgIpc) is 1.81. The Labute approximate surface area is 68.7 Å². The number of hydrogen-bond acceptors (Lipinski definition) is 0. The van der Waals surface area contributed by atoms with E-state index in [0.717, 1.165) is 0 Å². The molecule has 0 unspecified atom stereocenters. The first-order valence-corrected chi connectivity index (χ1v) is 6.79. The summed E-state index contributed by atoms with van der Waals surface area (Å²) in [6, 6.07) is 0. The van der Waals surface area contributed by atoms with Gasteiger partial charge in [0, 0.05) is 0 Å². The predicted molar refractivity (Wildman–Crippen MR) is 40.7 cm³/mol. The molecule has 0 aliphatic carbocycles. The van der Waals surface area contributed by atoms with Crippen LogP contribution in [0.4, 0.5) is 0 Å². The predicted octanol–water partition coefficient (Wildman–Crippen LogP) is 2.28. The van der Waals surface area contributed by atoms with Gasteiger partial charge in [0.1, 0.15) is 0 Å². The summed E-state index contributed by atoms with van der Waals surface area (Å²) < 4.78 is 1.53. The first kappa shape index (κ1) is 8.92. The Morgan fingerprint density at radius 3 is 2.12 bits per heavy atom. The van der Waals surface area contributed by atoms with E-state index >= 15 is 0 Å². The van der Waals surface area contributed by atoms with Crippen LogP contribution in [0.2, 0.25) is 3.98 Å². The van der Waals surface area contributed by atoms with Gasteiger partial charge in [-0.15, -0.1) is 0 Å². The Balaban J connectivity index is 2.53. The summed E-state index contributed by atoms with van der Waals surface area (Å²) in [4.78, 5) is 0. The van der Waals surface area contributed by atoms with Gasteiger partial charge in [0.2, 0.25) is 0 Å². The normalized spacial score (nSPS) is 9.75. The molecule has 0 aromatic rings. The van der Waals surface area contributed by atoms with Crippen LogP contribution in [0.3, 0.4) is 0 Å². The van der Waals surface area contributed by atoms with Crippen molar-refractivity contribution < 1.29 is 0 Å². The molecule has 0 fully saturated rings. The van der Waals surface area contributed by atoms with Gasteiger partial charge in [-0.2, -0.15) is 0 Å². The quantitative estimate of drug-likeness (QED) is 0.540. The van der Waals surface area contributed by atoms with Crippen LogP contribution in [0, 0.1) is 0 Å². The molecule has 48 valence electrons. The fourth-order valence-electron chi connectivity index (χ4n) is 0.748. The summed E-state index contributed by atoms with van der Waals surface area (Å²) in [5.41, 5.74) is 0. The minimum absolute atomic E-state index is 1.24. The molecule has 0 heterocycles. The van der Waals surface area contributed by atoms with Gasteiger partial charge in [0.05, 0.1) is 0 Å². The van der Waals surface area contributed by atoms with Crippen molar-refractivity contribution >= 4 is 25.8 Å². The third-order valence-corrected chi connectivity index (χ3v) is 2.89. The van der Waals surface area contributed by atoms with Crippen LogP contribution in [0.25, 0.3) is 0 Å². The van der Waals surface area contributed by atoms with E-state index < -0.39 is 0 Å². The molecule has 0 aromatic heterocycles. The van der Waals surface area contributed by atoms with Gasteiger partial charge in [-0.3, -0.25) is 0 Å². The third kappa shape index (κ3) is 6.92. The molecule has 0 spiro atoms. The van der Waals surface area contributed by atoms with Crippen LogP contribution in [-0.4, -0.2) is 25.8 Å². The summed E-state index contributed by atoms with van der Waals surface area (Å²) in [7, 11) is 0. The minimum atomic E-state index is 1.24. The zero-order chi connectivity index (χ0) is 6.24. The number of unbranched alkanes of at least 4 members (excludes halogenated alkanes) is 4. The van der Waals surface area contributed by atoms with Crippen molar-refractivity contribution in [2.75, 3.05) is 0 Å². The molecule has 2 radical (unpaired) electrons. The van der Waals surface area contributed by atoms with Gasteiger partial charge >= 0.3 is 68.8 Å². The van der Waals surface area contributed by atoms with Crippen molar-refractivity contribution in [3.63, 3.8) is 0 Å². The molecule has 0 aliphatic rings.